The summed E-state index contributed by atoms with van der Waals surface area (Å²) in [6.07, 6.45) is -1.63. The fourth-order valence-corrected chi connectivity index (χ4v) is 0.727. The van der Waals surface area contributed by atoms with Crippen molar-refractivity contribution in [2.45, 2.75) is 12.5 Å². The van der Waals surface area contributed by atoms with E-state index in [4.69, 9.17) is 9.47 Å². The van der Waals surface area contributed by atoms with Crippen LogP contribution in [0.1, 0.15) is 0 Å². The molecule has 5 heteroatoms. The van der Waals surface area contributed by atoms with Crippen LogP contribution in [0.5, 0.6) is 0 Å². The number of methoxy groups -OCH3 is 2. The lowest BCUT2D eigenvalue weighted by atomic mass is 10.6. The van der Waals surface area contributed by atoms with E-state index < -0.39 is 18.6 Å². The lowest BCUT2D eigenvalue weighted by molar-refractivity contribution is -0.125. The highest BCUT2D eigenvalue weighted by molar-refractivity contribution is 5.69. The van der Waals surface area contributed by atoms with Gasteiger partial charge in [-0.3, -0.25) is 5.32 Å². The van der Waals surface area contributed by atoms with E-state index in [-0.39, 0.29) is 0 Å². The number of carbonyl (C=O) groups is 1. The zero-order valence-corrected chi connectivity index (χ0v) is 5.79. The molecule has 0 radical (unpaired) electrons. The summed E-state index contributed by atoms with van der Waals surface area (Å²) >= 11 is 0. The van der Waals surface area contributed by atoms with Crippen molar-refractivity contribution in [3.63, 3.8) is 0 Å². The summed E-state index contributed by atoms with van der Waals surface area (Å²) in [5.41, 5.74) is 0. The van der Waals surface area contributed by atoms with Crippen molar-refractivity contribution in [3.8, 4) is 0 Å². The van der Waals surface area contributed by atoms with Gasteiger partial charge in [0.05, 0.1) is 0 Å². The Balaban J connectivity index is 2.48. The Hall–Kier alpha value is -0.810. The molecule has 1 rings (SSSR count). The van der Waals surface area contributed by atoms with Crippen molar-refractivity contribution >= 4 is 6.09 Å². The number of rotatable bonds is 2. The molecule has 0 aromatic rings. The molecule has 10 heavy (non-hydrogen) atoms. The molecule has 58 valence electrons. The van der Waals surface area contributed by atoms with Gasteiger partial charge in [-0.05, 0) is 0 Å². The number of alkyl carbamates (subject to hydrolysis) is 1. The van der Waals surface area contributed by atoms with Gasteiger partial charge in [0, 0.05) is 14.2 Å². The Morgan fingerprint density at radius 1 is 1.50 bits per heavy atom. The first-order valence-corrected chi connectivity index (χ1v) is 2.80. The van der Waals surface area contributed by atoms with E-state index in [1.807, 2.05) is 0 Å². The molecule has 1 aliphatic rings. The Kier molecular flexibility index (Phi) is 2.08. The minimum absolute atomic E-state index is 0.488. The van der Waals surface area contributed by atoms with E-state index in [0.717, 1.165) is 0 Å². The van der Waals surface area contributed by atoms with Gasteiger partial charge in [0.25, 0.3) is 0 Å². The Morgan fingerprint density at radius 2 is 2.20 bits per heavy atom. The van der Waals surface area contributed by atoms with Crippen LogP contribution in [0.25, 0.3) is 0 Å². The summed E-state index contributed by atoms with van der Waals surface area (Å²) < 4.78 is 14.2. The van der Waals surface area contributed by atoms with Gasteiger partial charge in [-0.25, -0.2) is 4.79 Å². The van der Waals surface area contributed by atoms with Gasteiger partial charge < -0.3 is 14.2 Å². The second-order valence-electron chi connectivity index (χ2n) is 1.81. The SMILES string of the molecule is CO[C@@H]1OC(=O)N[C@@H]1OC. The van der Waals surface area contributed by atoms with Crippen LogP contribution in [0.15, 0.2) is 0 Å². The molecule has 1 heterocycles. The van der Waals surface area contributed by atoms with Crippen LogP contribution in [-0.2, 0) is 14.2 Å². The fraction of sp³-hybridized carbons (Fsp3) is 0.800. The third kappa shape index (κ3) is 1.19. The zero-order chi connectivity index (χ0) is 7.56. The standard InChI is InChI=1S/C5H9NO4/c1-8-3-4(9-2)10-5(7)6-3/h3-4H,1-2H3,(H,6,7)/t3-,4-/m1/s1. The van der Waals surface area contributed by atoms with Crippen LogP contribution < -0.4 is 5.32 Å². The quantitative estimate of drug-likeness (QED) is 0.581. The van der Waals surface area contributed by atoms with E-state index in [2.05, 4.69) is 10.1 Å². The Labute approximate surface area is 58.2 Å². The number of hydrogen-bond acceptors (Lipinski definition) is 4. The van der Waals surface area contributed by atoms with E-state index in [9.17, 15) is 4.79 Å². The number of amides is 1. The average Bonchev–Trinajstić information content (AvgIpc) is 2.30. The Bertz CT molecular complexity index is 124. The lowest BCUT2D eigenvalue weighted by Gasteiger charge is -2.11. The molecule has 0 saturated carbocycles. The Morgan fingerprint density at radius 3 is 2.60 bits per heavy atom. The molecule has 1 aliphatic heterocycles. The van der Waals surface area contributed by atoms with Gasteiger partial charge in [0.1, 0.15) is 0 Å². The van der Waals surface area contributed by atoms with Crippen LogP contribution >= 0.6 is 0 Å². The van der Waals surface area contributed by atoms with Crippen LogP contribution in [-0.4, -0.2) is 32.8 Å². The summed E-state index contributed by atoms with van der Waals surface area (Å²) in [5, 5.41) is 2.40. The number of hydrogen-bond donors (Lipinski definition) is 1. The highest BCUT2D eigenvalue weighted by atomic mass is 16.7. The number of ether oxygens (including phenoxy) is 3. The molecule has 0 bridgehead atoms. The summed E-state index contributed by atoms with van der Waals surface area (Å²) in [7, 11) is 2.91. The molecule has 1 fully saturated rings. The molecule has 1 amide bonds. The number of cyclic esters (lactones) is 1. The van der Waals surface area contributed by atoms with Gasteiger partial charge in [0.2, 0.25) is 6.29 Å². The predicted octanol–water partition coefficient (Wildman–Crippen LogP) is -0.329. The molecule has 1 saturated heterocycles. The van der Waals surface area contributed by atoms with Gasteiger partial charge in [-0.1, -0.05) is 0 Å². The number of carbonyl (C=O) groups excluding carboxylic acids is 1. The number of nitrogens with one attached hydrogen (secondary N) is 1. The molecule has 2 atom stereocenters. The second-order valence-corrected chi connectivity index (χ2v) is 1.81. The maximum atomic E-state index is 10.5. The van der Waals surface area contributed by atoms with Gasteiger partial charge >= 0.3 is 6.09 Å². The van der Waals surface area contributed by atoms with E-state index in [1.54, 1.807) is 0 Å². The fourth-order valence-electron chi connectivity index (χ4n) is 0.727. The molecular formula is C5H9NO4. The van der Waals surface area contributed by atoms with Crippen molar-refractivity contribution in [1.29, 1.82) is 0 Å². The maximum Gasteiger partial charge on any atom is 0.411 e. The normalized spacial score (nSPS) is 31.6. The molecule has 0 aromatic carbocycles. The third-order valence-corrected chi connectivity index (χ3v) is 1.22. The molecule has 0 spiro atoms. The van der Waals surface area contributed by atoms with Gasteiger partial charge in [-0.2, -0.15) is 0 Å². The van der Waals surface area contributed by atoms with Crippen LogP contribution in [0.4, 0.5) is 4.79 Å². The molecule has 0 aromatic heterocycles. The van der Waals surface area contributed by atoms with Crippen LogP contribution in [0.3, 0.4) is 0 Å². The van der Waals surface area contributed by atoms with Crippen molar-refractivity contribution in [3.05, 3.63) is 0 Å². The van der Waals surface area contributed by atoms with Crippen LogP contribution in [0.2, 0.25) is 0 Å². The predicted molar refractivity (Wildman–Crippen MR) is 31.2 cm³/mol. The summed E-state index contributed by atoms with van der Waals surface area (Å²) in [4.78, 5) is 10.5. The topological polar surface area (TPSA) is 56.8 Å². The van der Waals surface area contributed by atoms with Crippen LogP contribution in [0, 0.1) is 0 Å². The average molecular weight is 147 g/mol. The van der Waals surface area contributed by atoms with Crippen molar-refractivity contribution in [1.82, 2.24) is 5.32 Å². The molecule has 0 unspecified atom stereocenters. The van der Waals surface area contributed by atoms with Gasteiger partial charge in [0.15, 0.2) is 6.23 Å². The van der Waals surface area contributed by atoms with Crippen molar-refractivity contribution in [2.24, 2.45) is 0 Å². The lowest BCUT2D eigenvalue weighted by Crippen LogP contribution is -2.33. The minimum Gasteiger partial charge on any atom is -0.415 e. The molecule has 1 N–H and O–H groups in total. The first kappa shape index (κ1) is 7.30. The van der Waals surface area contributed by atoms with E-state index in [1.165, 1.54) is 14.2 Å². The van der Waals surface area contributed by atoms with Crippen molar-refractivity contribution in [2.75, 3.05) is 14.2 Å². The van der Waals surface area contributed by atoms with Gasteiger partial charge in [-0.15, -0.1) is 0 Å². The minimum atomic E-state index is -0.627. The first-order chi connectivity index (χ1) is 4.77. The third-order valence-electron chi connectivity index (χ3n) is 1.22. The highest BCUT2D eigenvalue weighted by Crippen LogP contribution is 2.08. The second kappa shape index (κ2) is 2.85. The highest BCUT2D eigenvalue weighted by Gasteiger charge is 2.33. The maximum absolute atomic E-state index is 10.5. The summed E-state index contributed by atoms with van der Waals surface area (Å²) in [5.74, 6) is 0. The summed E-state index contributed by atoms with van der Waals surface area (Å²) in [6, 6.07) is 0. The largest absolute Gasteiger partial charge is 0.415 e. The molecule has 5 nitrogen and oxygen atoms in total. The molecular weight excluding hydrogens is 138 g/mol. The zero-order valence-electron chi connectivity index (χ0n) is 5.79. The van der Waals surface area contributed by atoms with E-state index >= 15 is 0 Å². The van der Waals surface area contributed by atoms with Crippen molar-refractivity contribution < 1.29 is 19.0 Å². The first-order valence-electron chi connectivity index (χ1n) is 2.80. The molecule has 0 aliphatic carbocycles. The smallest absolute Gasteiger partial charge is 0.411 e. The summed E-state index contributed by atoms with van der Waals surface area (Å²) in [6.45, 7) is 0. The van der Waals surface area contributed by atoms with E-state index in [0.29, 0.717) is 0 Å². The monoisotopic (exact) mass is 147 g/mol.